The third kappa shape index (κ3) is 2.92. The van der Waals surface area contributed by atoms with Gasteiger partial charge in [-0.15, -0.1) is 11.3 Å². The van der Waals surface area contributed by atoms with E-state index in [1.54, 1.807) is 11.3 Å². The number of esters is 1. The molecule has 0 atom stereocenters. The highest BCUT2D eigenvalue weighted by Crippen LogP contribution is 2.37. The topological polar surface area (TPSA) is 39.2 Å². The summed E-state index contributed by atoms with van der Waals surface area (Å²) in [4.78, 5) is 16.3. The molecule has 0 aliphatic heterocycles. The molecule has 122 valence electrons. The minimum absolute atomic E-state index is 0.195. The second-order valence-electron chi connectivity index (χ2n) is 5.62. The van der Waals surface area contributed by atoms with Crippen LogP contribution in [0.5, 0.6) is 0 Å². The molecule has 0 saturated carbocycles. The molecule has 4 heteroatoms. The van der Waals surface area contributed by atoms with E-state index in [9.17, 15) is 4.79 Å². The third-order valence-electron chi connectivity index (χ3n) is 4.06. The molecule has 3 aromatic carbocycles. The second-order valence-corrected chi connectivity index (χ2v) is 6.65. The second kappa shape index (κ2) is 6.49. The van der Waals surface area contributed by atoms with Crippen LogP contribution in [0.2, 0.25) is 0 Å². The van der Waals surface area contributed by atoms with Gasteiger partial charge in [0, 0.05) is 17.2 Å². The van der Waals surface area contributed by atoms with Crippen molar-refractivity contribution >= 4 is 38.3 Å². The van der Waals surface area contributed by atoms with Gasteiger partial charge in [-0.05, 0) is 22.9 Å². The molecular formula is C21H15NO2S. The predicted octanol–water partition coefficient (Wildman–Crippen LogP) is 5.35. The van der Waals surface area contributed by atoms with Crippen molar-refractivity contribution in [3.05, 3.63) is 78.9 Å². The zero-order valence-electron chi connectivity index (χ0n) is 13.4. The average molecular weight is 345 g/mol. The lowest BCUT2D eigenvalue weighted by Crippen LogP contribution is -2.02. The van der Waals surface area contributed by atoms with Gasteiger partial charge in [-0.25, -0.2) is 9.78 Å². The van der Waals surface area contributed by atoms with Crippen LogP contribution in [-0.2, 0) is 16.1 Å². The first-order valence-corrected chi connectivity index (χ1v) is 8.73. The summed E-state index contributed by atoms with van der Waals surface area (Å²) in [6.45, 7) is 3.64. The molecule has 4 aromatic rings. The average Bonchev–Trinajstić information content (AvgIpc) is 3.09. The molecule has 3 nitrogen and oxygen atoms in total. The number of hydrogen-bond acceptors (Lipinski definition) is 4. The summed E-state index contributed by atoms with van der Waals surface area (Å²) in [5, 5.41) is 3.17. The highest BCUT2D eigenvalue weighted by molar-refractivity contribution is 7.21. The van der Waals surface area contributed by atoms with Crippen molar-refractivity contribution in [2.24, 2.45) is 0 Å². The molecule has 0 bridgehead atoms. The van der Waals surface area contributed by atoms with E-state index in [2.05, 4.69) is 24.8 Å². The van der Waals surface area contributed by atoms with Gasteiger partial charge >= 0.3 is 5.97 Å². The lowest BCUT2D eigenvalue weighted by atomic mass is 9.99. The molecule has 0 unspecified atom stereocenters. The number of rotatable bonds is 4. The van der Waals surface area contributed by atoms with Crippen LogP contribution in [0.4, 0.5) is 0 Å². The van der Waals surface area contributed by atoms with Gasteiger partial charge in [0.2, 0.25) is 0 Å². The van der Waals surface area contributed by atoms with Crippen molar-refractivity contribution in [2.75, 3.05) is 0 Å². The van der Waals surface area contributed by atoms with Gasteiger partial charge in [0.25, 0.3) is 0 Å². The number of benzene rings is 3. The summed E-state index contributed by atoms with van der Waals surface area (Å²) in [5.41, 5.74) is 2.94. The predicted molar refractivity (Wildman–Crippen MR) is 103 cm³/mol. The number of carbonyl (C=O) groups is 1. The Bertz CT molecular complexity index is 1060. The van der Waals surface area contributed by atoms with Crippen LogP contribution in [0, 0.1) is 0 Å². The normalized spacial score (nSPS) is 10.9. The summed E-state index contributed by atoms with van der Waals surface area (Å²) in [6, 6.07) is 20.3. The van der Waals surface area contributed by atoms with Gasteiger partial charge in [0.05, 0.1) is 10.2 Å². The fraction of sp³-hybridized carbons (Fsp3) is 0.0476. The largest absolute Gasteiger partial charge is 0.458 e. The summed E-state index contributed by atoms with van der Waals surface area (Å²) in [5.74, 6) is -0.427. The summed E-state index contributed by atoms with van der Waals surface area (Å²) < 4.78 is 6.42. The number of hydrogen-bond donors (Lipinski definition) is 0. The first-order chi connectivity index (χ1) is 12.3. The Morgan fingerprint density at radius 1 is 1.08 bits per heavy atom. The number of fused-ring (bicyclic) bond motifs is 2. The van der Waals surface area contributed by atoms with Crippen LogP contribution in [0.3, 0.4) is 0 Å². The zero-order valence-corrected chi connectivity index (χ0v) is 14.3. The molecular weight excluding hydrogens is 330 g/mol. The fourth-order valence-corrected chi connectivity index (χ4v) is 3.94. The molecule has 0 aliphatic rings. The van der Waals surface area contributed by atoms with E-state index < -0.39 is 5.97 Å². The van der Waals surface area contributed by atoms with Crippen molar-refractivity contribution in [1.82, 2.24) is 4.98 Å². The maximum atomic E-state index is 11.5. The first-order valence-electron chi connectivity index (χ1n) is 7.92. The molecule has 1 heterocycles. The summed E-state index contributed by atoms with van der Waals surface area (Å²) in [7, 11) is 0. The van der Waals surface area contributed by atoms with Gasteiger partial charge in [0.1, 0.15) is 11.6 Å². The lowest BCUT2D eigenvalue weighted by Gasteiger charge is -2.11. The Labute approximate surface area is 149 Å². The Hall–Kier alpha value is -2.98. The van der Waals surface area contributed by atoms with Gasteiger partial charge < -0.3 is 4.74 Å². The van der Waals surface area contributed by atoms with E-state index in [1.165, 1.54) is 6.08 Å². The molecule has 0 saturated heterocycles. The number of nitrogens with zero attached hydrogens (tertiary/aromatic N) is 1. The maximum absolute atomic E-state index is 11.5. The molecule has 0 fully saturated rings. The van der Waals surface area contributed by atoms with Crippen LogP contribution in [-0.4, -0.2) is 11.0 Å². The van der Waals surface area contributed by atoms with Crippen LogP contribution in [0.1, 0.15) is 5.56 Å². The van der Waals surface area contributed by atoms with Crippen LogP contribution >= 0.6 is 11.3 Å². The minimum atomic E-state index is -0.427. The van der Waals surface area contributed by atoms with E-state index in [0.29, 0.717) is 0 Å². The van der Waals surface area contributed by atoms with Crippen molar-refractivity contribution in [3.63, 3.8) is 0 Å². The number of ether oxygens (including phenoxy) is 1. The zero-order chi connectivity index (χ0) is 17.2. The molecule has 0 N–H and O–H groups in total. The summed E-state index contributed by atoms with van der Waals surface area (Å²) >= 11 is 1.65. The first kappa shape index (κ1) is 15.5. The maximum Gasteiger partial charge on any atom is 0.330 e. The number of carbonyl (C=O) groups excluding carboxylic acids is 1. The number of aromatic nitrogens is 1. The Kier molecular flexibility index (Phi) is 4.04. The van der Waals surface area contributed by atoms with Crippen LogP contribution < -0.4 is 0 Å². The van der Waals surface area contributed by atoms with Gasteiger partial charge in [-0.3, -0.25) is 0 Å². The molecule has 25 heavy (non-hydrogen) atoms. The van der Waals surface area contributed by atoms with Crippen molar-refractivity contribution in [3.8, 4) is 10.6 Å². The summed E-state index contributed by atoms with van der Waals surface area (Å²) in [6.07, 6.45) is 1.18. The van der Waals surface area contributed by atoms with Crippen molar-refractivity contribution < 1.29 is 9.53 Å². The van der Waals surface area contributed by atoms with E-state index in [1.807, 2.05) is 42.5 Å². The smallest absolute Gasteiger partial charge is 0.330 e. The number of thiazole rings is 1. The standard InChI is InChI=1S/C21H15NO2S/c1-2-19(23)24-13-15-12-11-14-7-3-4-8-16(14)20(15)21-22-17-9-5-6-10-18(17)25-21/h2-12H,1,13H2. The van der Waals surface area contributed by atoms with Crippen LogP contribution in [0.15, 0.2) is 73.3 Å². The lowest BCUT2D eigenvalue weighted by molar-refractivity contribution is -0.138. The highest BCUT2D eigenvalue weighted by atomic mass is 32.1. The molecule has 0 aliphatic carbocycles. The van der Waals surface area contributed by atoms with Gasteiger partial charge in [-0.1, -0.05) is 55.1 Å². The molecule has 4 rings (SSSR count). The van der Waals surface area contributed by atoms with Crippen molar-refractivity contribution in [2.45, 2.75) is 6.61 Å². The van der Waals surface area contributed by atoms with E-state index in [-0.39, 0.29) is 6.61 Å². The SMILES string of the molecule is C=CC(=O)OCc1ccc2ccccc2c1-c1nc2ccccc2s1. The minimum Gasteiger partial charge on any atom is -0.458 e. The van der Waals surface area contributed by atoms with Gasteiger partial charge in [0.15, 0.2) is 0 Å². The Morgan fingerprint density at radius 2 is 1.88 bits per heavy atom. The molecule has 1 aromatic heterocycles. The highest BCUT2D eigenvalue weighted by Gasteiger charge is 2.15. The third-order valence-corrected chi connectivity index (χ3v) is 5.11. The molecule has 0 radical (unpaired) electrons. The monoisotopic (exact) mass is 345 g/mol. The Morgan fingerprint density at radius 3 is 2.72 bits per heavy atom. The molecule has 0 amide bonds. The Balaban J connectivity index is 1.91. The van der Waals surface area contributed by atoms with E-state index in [4.69, 9.17) is 9.72 Å². The quantitative estimate of drug-likeness (QED) is 0.370. The fourth-order valence-electron chi connectivity index (χ4n) is 2.88. The van der Waals surface area contributed by atoms with Crippen molar-refractivity contribution in [1.29, 1.82) is 0 Å². The van der Waals surface area contributed by atoms with E-state index >= 15 is 0 Å². The van der Waals surface area contributed by atoms with E-state index in [0.717, 1.165) is 37.1 Å². The van der Waals surface area contributed by atoms with Crippen LogP contribution in [0.25, 0.3) is 31.6 Å². The molecule has 0 spiro atoms. The number of para-hydroxylation sites is 1. The van der Waals surface area contributed by atoms with Gasteiger partial charge in [-0.2, -0.15) is 0 Å².